The quantitative estimate of drug-likeness (QED) is 0.714. The van der Waals surface area contributed by atoms with Gasteiger partial charge in [-0.15, -0.1) is 11.8 Å². The molecule has 5 nitrogen and oxygen atoms in total. The number of nitrogens with two attached hydrogens (primary N) is 1. The van der Waals surface area contributed by atoms with E-state index < -0.39 is 12.0 Å². The number of carboxylic acid groups (broad SMARTS) is 1. The number of aliphatic carboxylic acids is 1. The predicted molar refractivity (Wildman–Crippen MR) is 82.1 cm³/mol. The van der Waals surface area contributed by atoms with Gasteiger partial charge in [-0.25, -0.2) is 0 Å². The minimum atomic E-state index is -1.05. The number of amides is 1. The Labute approximate surface area is 122 Å². The zero-order valence-electron chi connectivity index (χ0n) is 11.6. The van der Waals surface area contributed by atoms with Crippen LogP contribution in [0.15, 0.2) is 24.3 Å². The van der Waals surface area contributed by atoms with Crippen LogP contribution in [0.2, 0.25) is 0 Å². The highest BCUT2D eigenvalue weighted by Crippen LogP contribution is 2.18. The van der Waals surface area contributed by atoms with Crippen LogP contribution < -0.4 is 11.1 Å². The fraction of sp³-hybridized carbons (Fsp3) is 0.429. The summed E-state index contributed by atoms with van der Waals surface area (Å²) >= 11 is 1.21. The molecule has 6 heteroatoms. The molecule has 4 N–H and O–H groups in total. The first kappa shape index (κ1) is 16.5. The first-order chi connectivity index (χ1) is 9.40. The average Bonchev–Trinajstić information content (AvgIpc) is 2.38. The summed E-state index contributed by atoms with van der Waals surface area (Å²) < 4.78 is 0. The molecule has 0 aliphatic rings. The Morgan fingerprint density at radius 3 is 2.70 bits per heavy atom. The van der Waals surface area contributed by atoms with Gasteiger partial charge in [0.15, 0.2) is 0 Å². The van der Waals surface area contributed by atoms with Crippen molar-refractivity contribution >= 4 is 29.3 Å². The van der Waals surface area contributed by atoms with Gasteiger partial charge < -0.3 is 16.2 Å². The first-order valence-electron chi connectivity index (χ1n) is 6.36. The van der Waals surface area contributed by atoms with Crippen LogP contribution in [0.4, 0.5) is 5.69 Å². The Morgan fingerprint density at radius 2 is 2.10 bits per heavy atom. The molecule has 1 rings (SSSR count). The number of hydrogen-bond donors (Lipinski definition) is 3. The van der Waals surface area contributed by atoms with Crippen molar-refractivity contribution in [3.8, 4) is 0 Å². The van der Waals surface area contributed by atoms with Crippen molar-refractivity contribution < 1.29 is 14.7 Å². The predicted octanol–water partition coefficient (Wildman–Crippen LogP) is 1.89. The van der Waals surface area contributed by atoms with E-state index in [0.717, 1.165) is 11.3 Å². The second-order valence-corrected chi connectivity index (χ2v) is 5.82. The van der Waals surface area contributed by atoms with Crippen molar-refractivity contribution in [1.82, 2.24) is 0 Å². The molecular formula is C14H20N2O3S. The van der Waals surface area contributed by atoms with E-state index in [1.807, 2.05) is 24.3 Å². The van der Waals surface area contributed by atoms with Crippen molar-refractivity contribution in [2.24, 2.45) is 5.73 Å². The smallest absolute Gasteiger partial charge is 0.321 e. The number of rotatable bonds is 7. The molecule has 0 heterocycles. The van der Waals surface area contributed by atoms with Crippen LogP contribution >= 0.6 is 11.8 Å². The largest absolute Gasteiger partial charge is 0.480 e. The Hall–Kier alpha value is -1.53. The zero-order valence-corrected chi connectivity index (χ0v) is 12.4. The van der Waals surface area contributed by atoms with Crippen molar-refractivity contribution in [2.45, 2.75) is 25.8 Å². The molecule has 0 spiro atoms. The Kier molecular flexibility index (Phi) is 6.54. The van der Waals surface area contributed by atoms with Gasteiger partial charge in [-0.05, 0) is 23.6 Å². The lowest BCUT2D eigenvalue weighted by Crippen LogP contribution is -2.33. The molecule has 1 atom stereocenters. The summed E-state index contributed by atoms with van der Waals surface area (Å²) in [6.07, 6.45) is 0. The van der Waals surface area contributed by atoms with Crippen LogP contribution in [0.25, 0.3) is 0 Å². The first-order valence-corrected chi connectivity index (χ1v) is 7.51. The number of nitrogens with one attached hydrogen (secondary N) is 1. The molecule has 0 radical (unpaired) electrons. The topological polar surface area (TPSA) is 92.4 Å². The molecule has 1 aromatic carbocycles. The molecule has 0 aromatic heterocycles. The highest BCUT2D eigenvalue weighted by Gasteiger charge is 2.12. The van der Waals surface area contributed by atoms with E-state index in [-0.39, 0.29) is 17.4 Å². The molecule has 1 aromatic rings. The van der Waals surface area contributed by atoms with Gasteiger partial charge in [-0.2, -0.15) is 0 Å². The molecule has 0 aliphatic carbocycles. The number of thioether (sulfide) groups is 1. The lowest BCUT2D eigenvalue weighted by atomic mass is 10.0. The molecule has 0 aliphatic heterocycles. The number of benzene rings is 1. The van der Waals surface area contributed by atoms with E-state index in [1.165, 1.54) is 11.8 Å². The average molecular weight is 296 g/mol. The maximum absolute atomic E-state index is 11.7. The van der Waals surface area contributed by atoms with Gasteiger partial charge in [0.2, 0.25) is 5.91 Å². The number of hydrogen-bond acceptors (Lipinski definition) is 4. The van der Waals surface area contributed by atoms with E-state index in [2.05, 4.69) is 19.2 Å². The van der Waals surface area contributed by atoms with Crippen LogP contribution in [0.5, 0.6) is 0 Å². The van der Waals surface area contributed by atoms with Crippen molar-refractivity contribution in [1.29, 1.82) is 0 Å². The van der Waals surface area contributed by atoms with Crippen LogP contribution in [-0.2, 0) is 9.59 Å². The molecule has 0 bridgehead atoms. The number of carbonyl (C=O) groups excluding carboxylic acids is 1. The highest BCUT2D eigenvalue weighted by atomic mass is 32.2. The molecular weight excluding hydrogens is 276 g/mol. The fourth-order valence-corrected chi connectivity index (χ4v) is 2.29. The van der Waals surface area contributed by atoms with Crippen LogP contribution in [0.3, 0.4) is 0 Å². The van der Waals surface area contributed by atoms with Gasteiger partial charge in [0.1, 0.15) is 6.04 Å². The van der Waals surface area contributed by atoms with E-state index in [1.54, 1.807) is 0 Å². The third kappa shape index (κ3) is 5.63. The summed E-state index contributed by atoms with van der Waals surface area (Å²) in [5, 5.41) is 11.4. The molecule has 110 valence electrons. The minimum absolute atomic E-state index is 0.159. The Morgan fingerprint density at radius 1 is 1.40 bits per heavy atom. The second kappa shape index (κ2) is 7.91. The maximum atomic E-state index is 11.7. The van der Waals surface area contributed by atoms with Gasteiger partial charge >= 0.3 is 5.97 Å². The van der Waals surface area contributed by atoms with Crippen LogP contribution in [0, 0.1) is 0 Å². The number of carbonyl (C=O) groups is 2. The SMILES string of the molecule is CC(C)c1cccc(NC(=O)CSCC(N)C(=O)O)c1. The van der Waals surface area contributed by atoms with Gasteiger partial charge in [-0.3, -0.25) is 9.59 Å². The molecule has 20 heavy (non-hydrogen) atoms. The summed E-state index contributed by atoms with van der Waals surface area (Å²) in [6, 6.07) is 6.75. The van der Waals surface area contributed by atoms with E-state index in [4.69, 9.17) is 10.8 Å². The summed E-state index contributed by atoms with van der Waals surface area (Å²) in [6.45, 7) is 4.17. The normalized spacial score (nSPS) is 12.2. The van der Waals surface area contributed by atoms with E-state index in [0.29, 0.717) is 5.92 Å². The lowest BCUT2D eigenvalue weighted by Gasteiger charge is -2.10. The third-order valence-electron chi connectivity index (χ3n) is 2.68. The highest BCUT2D eigenvalue weighted by molar-refractivity contribution is 8.00. The Bertz CT molecular complexity index is 477. The monoisotopic (exact) mass is 296 g/mol. The molecule has 0 fully saturated rings. The van der Waals surface area contributed by atoms with Gasteiger partial charge in [-0.1, -0.05) is 26.0 Å². The minimum Gasteiger partial charge on any atom is -0.480 e. The van der Waals surface area contributed by atoms with Crippen LogP contribution in [-0.4, -0.2) is 34.5 Å². The lowest BCUT2D eigenvalue weighted by molar-refractivity contribution is -0.137. The zero-order chi connectivity index (χ0) is 15.1. The maximum Gasteiger partial charge on any atom is 0.321 e. The van der Waals surface area contributed by atoms with Crippen molar-refractivity contribution in [2.75, 3.05) is 16.8 Å². The van der Waals surface area contributed by atoms with E-state index in [9.17, 15) is 9.59 Å². The standard InChI is InChI=1S/C14H20N2O3S/c1-9(2)10-4-3-5-11(6-10)16-13(17)8-20-7-12(15)14(18)19/h3-6,9,12H,7-8,15H2,1-2H3,(H,16,17)(H,18,19). The van der Waals surface area contributed by atoms with Gasteiger partial charge in [0.25, 0.3) is 0 Å². The van der Waals surface area contributed by atoms with E-state index >= 15 is 0 Å². The summed E-state index contributed by atoms with van der Waals surface area (Å²) in [7, 11) is 0. The summed E-state index contributed by atoms with van der Waals surface area (Å²) in [5.41, 5.74) is 7.27. The molecule has 0 saturated carbocycles. The third-order valence-corrected chi connectivity index (χ3v) is 3.75. The summed E-state index contributed by atoms with van der Waals surface area (Å²) in [4.78, 5) is 22.3. The number of carboxylic acids is 1. The molecule has 1 unspecified atom stereocenters. The van der Waals surface area contributed by atoms with Crippen molar-refractivity contribution in [3.05, 3.63) is 29.8 Å². The van der Waals surface area contributed by atoms with Crippen molar-refractivity contribution in [3.63, 3.8) is 0 Å². The van der Waals surface area contributed by atoms with Gasteiger partial charge in [0, 0.05) is 11.4 Å². The summed E-state index contributed by atoms with van der Waals surface area (Å²) in [5.74, 6) is -0.410. The molecule has 1 amide bonds. The molecule has 0 saturated heterocycles. The number of anilines is 1. The fourth-order valence-electron chi connectivity index (χ4n) is 1.52. The second-order valence-electron chi connectivity index (χ2n) is 4.79. The van der Waals surface area contributed by atoms with Crippen LogP contribution in [0.1, 0.15) is 25.3 Å². The van der Waals surface area contributed by atoms with Gasteiger partial charge in [0.05, 0.1) is 5.75 Å². The Balaban J connectivity index is 2.42.